The van der Waals surface area contributed by atoms with Crippen LogP contribution in [0.4, 0.5) is 0 Å². The molecule has 126 valence electrons. The number of hydrogen-bond acceptors (Lipinski definition) is 2. The maximum absolute atomic E-state index is 13.2. The van der Waals surface area contributed by atoms with Gasteiger partial charge < -0.3 is 4.74 Å². The van der Waals surface area contributed by atoms with Crippen LogP contribution >= 0.6 is 0 Å². The van der Waals surface area contributed by atoms with E-state index in [4.69, 9.17) is 4.74 Å². The lowest BCUT2D eigenvalue weighted by molar-refractivity contribution is 0.0850. The Bertz CT molecular complexity index is 992. The van der Waals surface area contributed by atoms with Gasteiger partial charge in [0.25, 0.3) is 0 Å². The highest BCUT2D eigenvalue weighted by atomic mass is 16.5. The summed E-state index contributed by atoms with van der Waals surface area (Å²) in [6.45, 7) is 2.03. The van der Waals surface area contributed by atoms with Gasteiger partial charge in [0.2, 0.25) is 0 Å². The molecular weight excluding hydrogens is 320 g/mol. The third-order valence-electron chi connectivity index (χ3n) is 4.56. The molecule has 0 saturated heterocycles. The summed E-state index contributed by atoms with van der Waals surface area (Å²) in [4.78, 5) is 13.2. The van der Waals surface area contributed by atoms with Crippen molar-refractivity contribution >= 4 is 5.78 Å². The molecule has 0 N–H and O–H groups in total. The standard InChI is InChI=1S/C24H18O2/c1-17-11-14-19(15-12-17)23-22(16-13-18-7-3-2-4-8-18)26-21-10-6-5-9-20(21)24(23)25/h2-12,14-15,22-23H,1H3/t22-,23+/m0/s1. The van der Waals surface area contributed by atoms with Crippen molar-refractivity contribution in [2.24, 2.45) is 0 Å². The van der Waals surface area contributed by atoms with E-state index in [2.05, 4.69) is 11.8 Å². The number of aryl methyl sites for hydroxylation is 1. The van der Waals surface area contributed by atoms with E-state index in [9.17, 15) is 4.79 Å². The molecule has 2 atom stereocenters. The summed E-state index contributed by atoms with van der Waals surface area (Å²) in [6.07, 6.45) is -0.514. The maximum atomic E-state index is 13.2. The van der Waals surface area contributed by atoms with Crippen LogP contribution in [0.3, 0.4) is 0 Å². The quantitative estimate of drug-likeness (QED) is 0.597. The molecule has 4 rings (SSSR count). The first-order valence-electron chi connectivity index (χ1n) is 8.65. The Balaban J connectivity index is 1.77. The van der Waals surface area contributed by atoms with Gasteiger partial charge in [0.05, 0.1) is 11.5 Å². The number of hydrogen-bond donors (Lipinski definition) is 0. The number of benzene rings is 3. The average molecular weight is 338 g/mol. The van der Waals surface area contributed by atoms with Gasteiger partial charge in [-0.2, -0.15) is 0 Å². The van der Waals surface area contributed by atoms with Gasteiger partial charge in [0.15, 0.2) is 11.9 Å². The molecule has 3 aromatic carbocycles. The van der Waals surface area contributed by atoms with E-state index in [0.29, 0.717) is 11.3 Å². The van der Waals surface area contributed by atoms with E-state index >= 15 is 0 Å². The largest absolute Gasteiger partial charge is 0.476 e. The molecule has 1 heterocycles. The van der Waals surface area contributed by atoms with E-state index in [1.165, 1.54) is 0 Å². The van der Waals surface area contributed by atoms with Gasteiger partial charge in [-0.3, -0.25) is 4.79 Å². The lowest BCUT2D eigenvalue weighted by Gasteiger charge is -2.29. The monoisotopic (exact) mass is 338 g/mol. The zero-order valence-corrected chi connectivity index (χ0v) is 14.5. The Hall–Kier alpha value is -3.31. The average Bonchev–Trinajstić information content (AvgIpc) is 2.68. The van der Waals surface area contributed by atoms with Crippen molar-refractivity contribution in [3.05, 3.63) is 101 Å². The number of ketones is 1. The highest BCUT2D eigenvalue weighted by Gasteiger charge is 2.37. The Morgan fingerprint density at radius 1 is 0.846 bits per heavy atom. The van der Waals surface area contributed by atoms with E-state index in [1.54, 1.807) is 0 Å². The van der Waals surface area contributed by atoms with Crippen molar-refractivity contribution in [1.82, 2.24) is 0 Å². The predicted octanol–water partition coefficient (Wildman–Crippen LogP) is 4.77. The van der Waals surface area contributed by atoms with Gasteiger partial charge in [-0.15, -0.1) is 0 Å². The minimum Gasteiger partial charge on any atom is -0.476 e. The molecule has 2 nitrogen and oxygen atoms in total. The van der Waals surface area contributed by atoms with Gasteiger partial charge in [-0.05, 0) is 36.8 Å². The van der Waals surface area contributed by atoms with E-state index < -0.39 is 12.0 Å². The fraction of sp³-hybridized carbons (Fsp3) is 0.125. The number of ether oxygens (including phenoxy) is 1. The number of fused-ring (bicyclic) bond motifs is 1. The van der Waals surface area contributed by atoms with E-state index in [-0.39, 0.29) is 5.78 Å². The number of carbonyl (C=O) groups is 1. The summed E-state index contributed by atoms with van der Waals surface area (Å²) in [5.41, 5.74) is 3.62. The Morgan fingerprint density at radius 2 is 1.54 bits per heavy atom. The van der Waals surface area contributed by atoms with Crippen molar-refractivity contribution in [2.75, 3.05) is 0 Å². The van der Waals surface area contributed by atoms with Crippen LogP contribution in [0.5, 0.6) is 5.75 Å². The minimum atomic E-state index is -0.514. The second-order valence-electron chi connectivity index (χ2n) is 6.42. The second-order valence-corrected chi connectivity index (χ2v) is 6.42. The molecule has 0 amide bonds. The summed E-state index contributed by atoms with van der Waals surface area (Å²) >= 11 is 0. The first-order chi connectivity index (χ1) is 12.7. The number of Topliss-reactive ketones (excluding diaryl/α,β-unsaturated/α-hetero) is 1. The fourth-order valence-corrected chi connectivity index (χ4v) is 3.17. The molecule has 0 unspecified atom stereocenters. The molecule has 0 saturated carbocycles. The van der Waals surface area contributed by atoms with Crippen LogP contribution in [-0.2, 0) is 0 Å². The molecule has 0 aromatic heterocycles. The first-order valence-corrected chi connectivity index (χ1v) is 8.65. The Kier molecular flexibility index (Phi) is 4.29. The van der Waals surface area contributed by atoms with Crippen molar-refractivity contribution in [2.45, 2.75) is 18.9 Å². The zero-order valence-electron chi connectivity index (χ0n) is 14.5. The summed E-state index contributed by atoms with van der Waals surface area (Å²) in [6, 6.07) is 25.2. The van der Waals surface area contributed by atoms with Crippen LogP contribution in [-0.4, -0.2) is 11.9 Å². The Morgan fingerprint density at radius 3 is 2.31 bits per heavy atom. The zero-order chi connectivity index (χ0) is 17.9. The van der Waals surface area contributed by atoms with Crippen molar-refractivity contribution in [1.29, 1.82) is 0 Å². The molecule has 2 heteroatoms. The smallest absolute Gasteiger partial charge is 0.178 e. The summed E-state index contributed by atoms with van der Waals surface area (Å²) < 4.78 is 6.13. The molecular formula is C24H18O2. The predicted molar refractivity (Wildman–Crippen MR) is 102 cm³/mol. The third-order valence-corrected chi connectivity index (χ3v) is 4.56. The molecule has 0 radical (unpaired) electrons. The summed E-state index contributed by atoms with van der Waals surface area (Å²) in [7, 11) is 0. The molecule has 1 aliphatic rings. The number of carbonyl (C=O) groups excluding carboxylic acids is 1. The lowest BCUT2D eigenvalue weighted by atomic mass is 9.83. The van der Waals surface area contributed by atoms with Crippen LogP contribution in [0, 0.1) is 18.8 Å². The highest BCUT2D eigenvalue weighted by molar-refractivity contribution is 6.05. The number of rotatable bonds is 1. The normalized spacial score (nSPS) is 18.3. The molecule has 1 aliphatic heterocycles. The molecule has 0 aliphatic carbocycles. The Labute approximate surface area is 153 Å². The molecule has 0 spiro atoms. The van der Waals surface area contributed by atoms with Crippen LogP contribution < -0.4 is 4.74 Å². The topological polar surface area (TPSA) is 26.3 Å². The van der Waals surface area contributed by atoms with Crippen LogP contribution in [0.1, 0.15) is 33.0 Å². The van der Waals surface area contributed by atoms with Crippen molar-refractivity contribution < 1.29 is 9.53 Å². The first kappa shape index (κ1) is 16.2. The van der Waals surface area contributed by atoms with Gasteiger partial charge in [-0.25, -0.2) is 0 Å². The fourth-order valence-electron chi connectivity index (χ4n) is 3.17. The van der Waals surface area contributed by atoms with Crippen LogP contribution in [0.15, 0.2) is 78.9 Å². The van der Waals surface area contributed by atoms with Crippen LogP contribution in [0.25, 0.3) is 0 Å². The molecule has 26 heavy (non-hydrogen) atoms. The molecule has 3 aromatic rings. The second kappa shape index (κ2) is 6.90. The summed E-state index contributed by atoms with van der Waals surface area (Å²) in [5, 5.41) is 0. The van der Waals surface area contributed by atoms with Gasteiger partial charge in [0, 0.05) is 5.56 Å². The molecule has 0 bridgehead atoms. The third kappa shape index (κ3) is 3.12. The highest BCUT2D eigenvalue weighted by Crippen LogP contribution is 2.36. The van der Waals surface area contributed by atoms with E-state index in [1.807, 2.05) is 85.8 Å². The van der Waals surface area contributed by atoms with E-state index in [0.717, 1.165) is 16.7 Å². The summed E-state index contributed by atoms with van der Waals surface area (Å²) in [5.74, 6) is 6.56. The van der Waals surface area contributed by atoms with Crippen LogP contribution in [0.2, 0.25) is 0 Å². The SMILES string of the molecule is Cc1ccc([C@H]2C(=O)c3ccccc3O[C@H]2C#Cc2ccccc2)cc1. The maximum Gasteiger partial charge on any atom is 0.178 e. The van der Waals surface area contributed by atoms with Crippen molar-refractivity contribution in [3.8, 4) is 17.6 Å². The van der Waals surface area contributed by atoms with Crippen molar-refractivity contribution in [3.63, 3.8) is 0 Å². The number of para-hydroxylation sites is 1. The minimum absolute atomic E-state index is 0.0584. The molecule has 0 fully saturated rings. The van der Waals surface area contributed by atoms with Gasteiger partial charge in [-0.1, -0.05) is 72.0 Å². The van der Waals surface area contributed by atoms with Gasteiger partial charge in [0.1, 0.15) is 5.75 Å². The van der Waals surface area contributed by atoms with Gasteiger partial charge >= 0.3 is 0 Å². The lowest BCUT2D eigenvalue weighted by Crippen LogP contribution is -2.35.